The van der Waals surface area contributed by atoms with Gasteiger partial charge in [0.1, 0.15) is 11.5 Å². The minimum Gasteiger partial charge on any atom is -0.347 e. The van der Waals surface area contributed by atoms with Crippen molar-refractivity contribution in [2.24, 2.45) is 0 Å². The van der Waals surface area contributed by atoms with Crippen molar-refractivity contribution in [3.05, 3.63) is 94.2 Å². The molecule has 2 aromatic heterocycles. The number of amides is 1. The van der Waals surface area contributed by atoms with Crippen LogP contribution in [0.5, 0.6) is 0 Å². The van der Waals surface area contributed by atoms with Crippen LogP contribution >= 0.6 is 11.3 Å². The van der Waals surface area contributed by atoms with E-state index in [0.717, 1.165) is 21.3 Å². The molecule has 1 amide bonds. The first-order valence-electron chi connectivity index (χ1n) is 8.75. The fourth-order valence-corrected chi connectivity index (χ4v) is 3.91. The summed E-state index contributed by atoms with van der Waals surface area (Å²) in [6.07, 6.45) is 0. The average Bonchev–Trinajstić information content (AvgIpc) is 3.25. The molecule has 0 aliphatic heterocycles. The molecule has 5 heteroatoms. The molecule has 1 N–H and O–H groups in total. The van der Waals surface area contributed by atoms with Crippen LogP contribution in [0, 0.1) is 12.7 Å². The normalized spacial score (nSPS) is 11.0. The third-order valence-electron chi connectivity index (χ3n) is 4.58. The smallest absolute Gasteiger partial charge is 0.268 e. The largest absolute Gasteiger partial charge is 0.347 e. The van der Waals surface area contributed by atoms with E-state index in [-0.39, 0.29) is 11.7 Å². The van der Waals surface area contributed by atoms with Crippen molar-refractivity contribution in [3.8, 4) is 0 Å². The molecule has 2 aromatic carbocycles. The maximum Gasteiger partial charge on any atom is 0.268 e. The van der Waals surface area contributed by atoms with Gasteiger partial charge in [-0.25, -0.2) is 4.39 Å². The number of rotatable bonds is 5. The molecule has 0 unspecified atom stereocenters. The minimum absolute atomic E-state index is 0.130. The topological polar surface area (TPSA) is 34.0 Å². The lowest BCUT2D eigenvalue weighted by Gasteiger charge is -2.11. The van der Waals surface area contributed by atoms with Crippen LogP contribution in [-0.4, -0.2) is 10.5 Å². The van der Waals surface area contributed by atoms with Crippen LogP contribution in [0.25, 0.3) is 10.2 Å². The maximum absolute atomic E-state index is 13.0. The van der Waals surface area contributed by atoms with Crippen LogP contribution in [0.4, 0.5) is 4.39 Å². The highest BCUT2D eigenvalue weighted by atomic mass is 32.1. The van der Waals surface area contributed by atoms with Crippen molar-refractivity contribution >= 4 is 27.5 Å². The molecule has 4 aromatic rings. The van der Waals surface area contributed by atoms with Crippen LogP contribution in [0.3, 0.4) is 0 Å². The van der Waals surface area contributed by atoms with Gasteiger partial charge in [-0.2, -0.15) is 0 Å². The average molecular weight is 378 g/mol. The lowest BCUT2D eigenvalue weighted by molar-refractivity contribution is 0.0942. The molecule has 0 aliphatic carbocycles. The van der Waals surface area contributed by atoms with Gasteiger partial charge in [-0.1, -0.05) is 42.0 Å². The number of nitrogens with one attached hydrogen (secondary N) is 1. The van der Waals surface area contributed by atoms with E-state index in [1.165, 1.54) is 17.7 Å². The van der Waals surface area contributed by atoms with Crippen molar-refractivity contribution < 1.29 is 9.18 Å². The van der Waals surface area contributed by atoms with Crippen LogP contribution in [0.15, 0.2) is 66.0 Å². The van der Waals surface area contributed by atoms with Crippen molar-refractivity contribution in [1.29, 1.82) is 0 Å². The number of carbonyl (C=O) groups excluding carboxylic acids is 1. The molecule has 4 rings (SSSR count). The summed E-state index contributed by atoms with van der Waals surface area (Å²) in [7, 11) is 0. The van der Waals surface area contributed by atoms with Gasteiger partial charge in [-0.05, 0) is 47.7 Å². The van der Waals surface area contributed by atoms with Gasteiger partial charge in [0.15, 0.2) is 0 Å². The number of benzene rings is 2. The van der Waals surface area contributed by atoms with Gasteiger partial charge >= 0.3 is 0 Å². The standard InChI is InChI=1S/C22H19FN2OS/c1-15-2-4-17(5-3-15)14-25-19-10-11-27-21(19)12-20(25)22(26)24-13-16-6-8-18(23)9-7-16/h2-12H,13-14H2,1H3,(H,24,26). The third-order valence-corrected chi connectivity index (χ3v) is 5.44. The summed E-state index contributed by atoms with van der Waals surface area (Å²) in [5, 5.41) is 4.98. The number of hydrogen-bond donors (Lipinski definition) is 1. The molecule has 0 bridgehead atoms. The van der Waals surface area contributed by atoms with Crippen molar-refractivity contribution in [3.63, 3.8) is 0 Å². The van der Waals surface area contributed by atoms with Crippen LogP contribution in [-0.2, 0) is 13.1 Å². The molecule has 0 radical (unpaired) electrons. The summed E-state index contributed by atoms with van der Waals surface area (Å²) in [6, 6.07) is 18.5. The van der Waals surface area contributed by atoms with Crippen LogP contribution in [0.1, 0.15) is 27.2 Å². The Hall–Kier alpha value is -2.92. The number of carbonyl (C=O) groups is 1. The summed E-state index contributed by atoms with van der Waals surface area (Å²) < 4.78 is 16.2. The Balaban J connectivity index is 1.58. The van der Waals surface area contributed by atoms with Gasteiger partial charge in [-0.15, -0.1) is 11.3 Å². The molecule has 27 heavy (non-hydrogen) atoms. The van der Waals surface area contributed by atoms with E-state index >= 15 is 0 Å². The second-order valence-corrected chi connectivity index (χ2v) is 7.53. The number of aromatic nitrogens is 1. The Kier molecular flexibility index (Phi) is 4.77. The first-order chi connectivity index (χ1) is 13.1. The van der Waals surface area contributed by atoms with Gasteiger partial charge in [0, 0.05) is 13.1 Å². The SMILES string of the molecule is Cc1ccc(Cn2c(C(=O)NCc3ccc(F)cc3)cc3sccc32)cc1. The third kappa shape index (κ3) is 3.78. The lowest BCUT2D eigenvalue weighted by Crippen LogP contribution is -2.25. The molecule has 0 saturated heterocycles. The summed E-state index contributed by atoms with van der Waals surface area (Å²) >= 11 is 1.63. The Morgan fingerprint density at radius 1 is 1.04 bits per heavy atom. The maximum atomic E-state index is 13.0. The predicted octanol–water partition coefficient (Wildman–Crippen LogP) is 5.13. The first kappa shape index (κ1) is 17.5. The van der Waals surface area contributed by atoms with Crippen LogP contribution in [0.2, 0.25) is 0 Å². The zero-order valence-electron chi connectivity index (χ0n) is 14.9. The molecule has 0 atom stereocenters. The van der Waals surface area contributed by atoms with E-state index in [9.17, 15) is 9.18 Å². The second kappa shape index (κ2) is 7.37. The first-order valence-corrected chi connectivity index (χ1v) is 9.63. The quantitative estimate of drug-likeness (QED) is 0.513. The Morgan fingerprint density at radius 2 is 1.74 bits per heavy atom. The van der Waals surface area contributed by atoms with Gasteiger partial charge in [0.2, 0.25) is 0 Å². The molecule has 0 aliphatic rings. The molecular formula is C22H19FN2OS. The highest BCUT2D eigenvalue weighted by molar-refractivity contribution is 7.17. The second-order valence-electron chi connectivity index (χ2n) is 6.58. The summed E-state index contributed by atoms with van der Waals surface area (Å²) in [4.78, 5) is 12.8. The van der Waals surface area contributed by atoms with Crippen LogP contribution < -0.4 is 5.32 Å². The summed E-state index contributed by atoms with van der Waals surface area (Å²) in [5.41, 5.74) is 4.93. The molecule has 0 saturated carbocycles. The van der Waals surface area contributed by atoms with E-state index in [2.05, 4.69) is 41.1 Å². The number of thiophene rings is 1. The number of halogens is 1. The number of hydrogen-bond acceptors (Lipinski definition) is 2. The fraction of sp³-hybridized carbons (Fsp3) is 0.136. The monoisotopic (exact) mass is 378 g/mol. The highest BCUT2D eigenvalue weighted by Crippen LogP contribution is 2.26. The van der Waals surface area contributed by atoms with E-state index < -0.39 is 0 Å². The predicted molar refractivity (Wildman–Crippen MR) is 108 cm³/mol. The van der Waals surface area contributed by atoms with Crippen molar-refractivity contribution in [2.75, 3.05) is 0 Å². The van der Waals surface area contributed by atoms with Crippen molar-refractivity contribution in [1.82, 2.24) is 9.88 Å². The Morgan fingerprint density at radius 3 is 2.48 bits per heavy atom. The molecule has 0 spiro atoms. The highest BCUT2D eigenvalue weighted by Gasteiger charge is 2.16. The molecular weight excluding hydrogens is 359 g/mol. The lowest BCUT2D eigenvalue weighted by atomic mass is 10.1. The van der Waals surface area contributed by atoms with E-state index in [1.807, 2.05) is 17.5 Å². The van der Waals surface area contributed by atoms with Gasteiger partial charge in [-0.3, -0.25) is 4.79 Å². The Bertz CT molecular complexity index is 1080. The zero-order valence-corrected chi connectivity index (χ0v) is 15.7. The van der Waals surface area contributed by atoms with E-state index in [1.54, 1.807) is 23.5 Å². The molecule has 3 nitrogen and oxygen atoms in total. The van der Waals surface area contributed by atoms with Gasteiger partial charge in [0.05, 0.1) is 10.2 Å². The molecule has 136 valence electrons. The molecule has 2 heterocycles. The zero-order chi connectivity index (χ0) is 18.8. The van der Waals surface area contributed by atoms with Crippen molar-refractivity contribution in [2.45, 2.75) is 20.0 Å². The summed E-state index contributed by atoms with van der Waals surface area (Å²) in [6.45, 7) is 3.06. The minimum atomic E-state index is -0.280. The van der Waals surface area contributed by atoms with Gasteiger partial charge in [0.25, 0.3) is 5.91 Å². The Labute approximate surface area is 161 Å². The summed E-state index contributed by atoms with van der Waals surface area (Å²) in [5.74, 6) is -0.410. The van der Waals surface area contributed by atoms with E-state index in [0.29, 0.717) is 18.8 Å². The van der Waals surface area contributed by atoms with Gasteiger partial charge < -0.3 is 9.88 Å². The molecule has 0 fully saturated rings. The number of fused-ring (bicyclic) bond motifs is 1. The van der Waals surface area contributed by atoms with E-state index in [4.69, 9.17) is 0 Å². The number of nitrogens with zero attached hydrogens (tertiary/aromatic N) is 1. The number of aryl methyl sites for hydroxylation is 1. The fourth-order valence-electron chi connectivity index (χ4n) is 3.09.